The van der Waals surface area contributed by atoms with E-state index in [4.69, 9.17) is 10.00 Å². The van der Waals surface area contributed by atoms with Crippen LogP contribution in [0.2, 0.25) is 0 Å². The molecule has 1 saturated heterocycles. The molecule has 8 heteroatoms. The summed E-state index contributed by atoms with van der Waals surface area (Å²) >= 11 is 0. The van der Waals surface area contributed by atoms with Gasteiger partial charge in [-0.1, -0.05) is 12.1 Å². The number of hydrogen-bond donors (Lipinski definition) is 0. The Morgan fingerprint density at radius 3 is 3.00 bits per heavy atom. The number of morpholine rings is 1. The normalized spacial score (nSPS) is 19.1. The minimum atomic E-state index is -3.48. The van der Waals surface area contributed by atoms with Crippen molar-refractivity contribution in [2.75, 3.05) is 19.7 Å². The molecule has 1 aromatic heterocycles. The summed E-state index contributed by atoms with van der Waals surface area (Å²) in [5.41, 5.74) is 1.93. The topological polar surface area (TPSA) is 88.2 Å². The molecule has 7 nitrogen and oxygen atoms in total. The highest BCUT2D eigenvalue weighted by molar-refractivity contribution is 7.88. The van der Waals surface area contributed by atoms with Gasteiger partial charge in [0.25, 0.3) is 0 Å². The van der Waals surface area contributed by atoms with Gasteiger partial charge in [-0.05, 0) is 17.7 Å². The third-order valence-electron chi connectivity index (χ3n) is 3.92. The Labute approximate surface area is 141 Å². The number of nitriles is 1. The van der Waals surface area contributed by atoms with Gasteiger partial charge in [0, 0.05) is 31.9 Å². The van der Waals surface area contributed by atoms with E-state index in [-0.39, 0.29) is 18.4 Å². The molecule has 1 aromatic carbocycles. The minimum Gasteiger partial charge on any atom is -0.371 e. The lowest BCUT2D eigenvalue weighted by atomic mass is 10.2. The lowest BCUT2D eigenvalue weighted by Gasteiger charge is -2.31. The first-order valence-electron chi connectivity index (χ1n) is 7.55. The van der Waals surface area contributed by atoms with Gasteiger partial charge in [-0.3, -0.25) is 4.68 Å². The van der Waals surface area contributed by atoms with Crippen molar-refractivity contribution in [1.82, 2.24) is 14.1 Å². The lowest BCUT2D eigenvalue weighted by molar-refractivity contribution is -0.00263. The van der Waals surface area contributed by atoms with Gasteiger partial charge in [-0.2, -0.15) is 14.7 Å². The van der Waals surface area contributed by atoms with Gasteiger partial charge in [0.05, 0.1) is 36.3 Å². The van der Waals surface area contributed by atoms with Crippen LogP contribution in [0.3, 0.4) is 0 Å². The average molecular weight is 346 g/mol. The molecule has 0 N–H and O–H groups in total. The summed E-state index contributed by atoms with van der Waals surface area (Å²) in [6.45, 7) is 0.944. The number of hydrogen-bond acceptors (Lipinski definition) is 5. The smallest absolute Gasteiger partial charge is 0.218 e. The van der Waals surface area contributed by atoms with E-state index in [1.54, 1.807) is 35.1 Å². The number of sulfonamides is 1. The van der Waals surface area contributed by atoms with Crippen LogP contribution in [0.15, 0.2) is 36.7 Å². The highest BCUT2D eigenvalue weighted by atomic mass is 32.2. The maximum atomic E-state index is 12.7. The van der Waals surface area contributed by atoms with Crippen LogP contribution in [0.25, 0.3) is 0 Å². The van der Waals surface area contributed by atoms with Crippen LogP contribution in [-0.2, 0) is 27.6 Å². The monoisotopic (exact) mass is 346 g/mol. The summed E-state index contributed by atoms with van der Waals surface area (Å²) in [5.74, 6) is -0.123. The molecule has 0 spiro atoms. The van der Waals surface area contributed by atoms with Gasteiger partial charge in [-0.25, -0.2) is 8.42 Å². The molecule has 126 valence electrons. The SMILES string of the molecule is Cn1cc([C@@H]2CN(S(=O)(=O)Cc3cccc(C#N)c3)CCO2)cn1. The van der Waals surface area contributed by atoms with Crippen LogP contribution in [0.5, 0.6) is 0 Å². The Balaban J connectivity index is 1.75. The van der Waals surface area contributed by atoms with E-state index in [0.29, 0.717) is 24.3 Å². The van der Waals surface area contributed by atoms with E-state index in [1.165, 1.54) is 4.31 Å². The first-order chi connectivity index (χ1) is 11.5. The fourth-order valence-corrected chi connectivity index (χ4v) is 4.22. The second kappa shape index (κ2) is 6.73. The number of benzene rings is 1. The third-order valence-corrected chi connectivity index (χ3v) is 5.74. The molecule has 0 aliphatic carbocycles. The van der Waals surface area contributed by atoms with Crippen LogP contribution in [0, 0.1) is 11.3 Å². The summed E-state index contributed by atoms with van der Waals surface area (Å²) in [7, 11) is -1.67. The largest absolute Gasteiger partial charge is 0.371 e. The lowest BCUT2D eigenvalue weighted by Crippen LogP contribution is -2.42. The van der Waals surface area contributed by atoms with Crippen molar-refractivity contribution < 1.29 is 13.2 Å². The number of nitrogens with zero attached hydrogens (tertiary/aromatic N) is 4. The Kier molecular flexibility index (Phi) is 4.66. The highest BCUT2D eigenvalue weighted by Gasteiger charge is 2.31. The maximum absolute atomic E-state index is 12.7. The van der Waals surface area contributed by atoms with E-state index < -0.39 is 10.0 Å². The van der Waals surface area contributed by atoms with Crippen molar-refractivity contribution in [1.29, 1.82) is 5.26 Å². The number of aromatic nitrogens is 2. The fourth-order valence-electron chi connectivity index (χ4n) is 2.72. The van der Waals surface area contributed by atoms with E-state index in [2.05, 4.69) is 5.10 Å². The van der Waals surface area contributed by atoms with Crippen molar-refractivity contribution in [2.45, 2.75) is 11.9 Å². The zero-order valence-electron chi connectivity index (χ0n) is 13.3. The molecule has 0 unspecified atom stereocenters. The molecular weight excluding hydrogens is 328 g/mol. The van der Waals surface area contributed by atoms with Gasteiger partial charge >= 0.3 is 0 Å². The summed E-state index contributed by atoms with van der Waals surface area (Å²) in [5, 5.41) is 13.0. The van der Waals surface area contributed by atoms with Crippen LogP contribution in [-0.4, -0.2) is 42.2 Å². The van der Waals surface area contributed by atoms with Crippen molar-refractivity contribution in [2.24, 2.45) is 7.05 Å². The first kappa shape index (κ1) is 16.6. The quantitative estimate of drug-likeness (QED) is 0.830. The van der Waals surface area contributed by atoms with Gasteiger partial charge < -0.3 is 4.74 Å². The zero-order chi connectivity index (χ0) is 17.2. The molecule has 1 fully saturated rings. The average Bonchev–Trinajstić information content (AvgIpc) is 3.01. The van der Waals surface area contributed by atoms with Crippen molar-refractivity contribution in [3.63, 3.8) is 0 Å². The molecule has 0 saturated carbocycles. The summed E-state index contributed by atoms with van der Waals surface area (Å²) in [6, 6.07) is 8.70. The predicted octanol–water partition coefficient (Wildman–Crippen LogP) is 1.20. The van der Waals surface area contributed by atoms with Gasteiger partial charge in [0.1, 0.15) is 0 Å². The molecule has 2 heterocycles. The highest BCUT2D eigenvalue weighted by Crippen LogP contribution is 2.24. The van der Waals surface area contributed by atoms with Crippen LogP contribution in [0.1, 0.15) is 22.8 Å². The van der Waals surface area contributed by atoms with Crippen LogP contribution < -0.4 is 0 Å². The van der Waals surface area contributed by atoms with Crippen molar-refractivity contribution >= 4 is 10.0 Å². The van der Waals surface area contributed by atoms with Crippen LogP contribution in [0.4, 0.5) is 0 Å². The van der Waals surface area contributed by atoms with E-state index in [1.807, 2.05) is 19.3 Å². The zero-order valence-corrected chi connectivity index (χ0v) is 14.1. The fraction of sp³-hybridized carbons (Fsp3) is 0.375. The number of aryl methyl sites for hydroxylation is 1. The molecule has 0 bridgehead atoms. The predicted molar refractivity (Wildman–Crippen MR) is 87.3 cm³/mol. The summed E-state index contributed by atoms with van der Waals surface area (Å²) in [6.07, 6.45) is 3.21. The van der Waals surface area contributed by atoms with Crippen LogP contribution >= 0.6 is 0 Å². The molecule has 1 aliphatic rings. The molecule has 2 aromatic rings. The third kappa shape index (κ3) is 3.64. The van der Waals surface area contributed by atoms with Crippen molar-refractivity contribution in [3.05, 3.63) is 53.3 Å². The maximum Gasteiger partial charge on any atom is 0.218 e. The summed E-state index contributed by atoms with van der Waals surface area (Å²) in [4.78, 5) is 0. The number of ether oxygens (including phenoxy) is 1. The standard InChI is InChI=1S/C16H18N4O3S/c1-19-10-15(9-18-19)16-11-20(5-6-23-16)24(21,22)12-14-4-2-3-13(7-14)8-17/h2-4,7,9-10,16H,5-6,11-12H2,1H3/t16-/m0/s1. The number of rotatable bonds is 4. The molecule has 1 aliphatic heterocycles. The molecule has 0 amide bonds. The minimum absolute atomic E-state index is 0.123. The van der Waals surface area contributed by atoms with E-state index in [9.17, 15) is 8.42 Å². The summed E-state index contributed by atoms with van der Waals surface area (Å²) < 4.78 is 34.2. The first-order valence-corrected chi connectivity index (χ1v) is 9.16. The van der Waals surface area contributed by atoms with E-state index >= 15 is 0 Å². The Bertz CT molecular complexity index is 869. The second-order valence-corrected chi connectivity index (χ2v) is 7.70. The Morgan fingerprint density at radius 2 is 2.29 bits per heavy atom. The second-order valence-electron chi connectivity index (χ2n) is 5.73. The molecule has 0 radical (unpaired) electrons. The van der Waals surface area contributed by atoms with Gasteiger partial charge in [0.2, 0.25) is 10.0 Å². The van der Waals surface area contributed by atoms with Gasteiger partial charge in [0.15, 0.2) is 0 Å². The Hall–Kier alpha value is -2.21. The Morgan fingerprint density at radius 1 is 1.46 bits per heavy atom. The van der Waals surface area contributed by atoms with Crippen molar-refractivity contribution in [3.8, 4) is 6.07 Å². The molecule has 1 atom stereocenters. The van der Waals surface area contributed by atoms with Gasteiger partial charge in [-0.15, -0.1) is 0 Å². The molecule has 3 rings (SSSR count). The molecule has 24 heavy (non-hydrogen) atoms. The molecular formula is C16H18N4O3S. The van der Waals surface area contributed by atoms with E-state index in [0.717, 1.165) is 5.56 Å².